The molecule has 2 aromatic rings. The fraction of sp³-hybridized carbons (Fsp3) is 0.111. The van der Waals surface area contributed by atoms with Crippen LogP contribution in [0.2, 0.25) is 0 Å². The lowest BCUT2D eigenvalue weighted by molar-refractivity contribution is -0.120. The molecule has 0 atom stereocenters. The predicted molar refractivity (Wildman–Crippen MR) is 88.2 cm³/mol. The Morgan fingerprint density at radius 3 is 2.00 bits per heavy atom. The number of nitrogens with zero attached hydrogens (tertiary/aromatic N) is 1. The molecule has 27 heavy (non-hydrogen) atoms. The molecule has 0 saturated carbocycles. The number of benzene rings is 2. The zero-order valence-corrected chi connectivity index (χ0v) is 14.1. The Kier molecular flexibility index (Phi) is 4.61. The number of anilines is 2. The summed E-state index contributed by atoms with van der Waals surface area (Å²) < 4.78 is 59.5. The van der Waals surface area contributed by atoms with Gasteiger partial charge in [0.2, 0.25) is 0 Å². The van der Waals surface area contributed by atoms with E-state index < -0.39 is 40.8 Å². The molecule has 9 heteroatoms. The first kappa shape index (κ1) is 18.4. The summed E-state index contributed by atoms with van der Waals surface area (Å²) in [6, 6.07) is 3.43. The van der Waals surface area contributed by atoms with Gasteiger partial charge in [0, 0.05) is 29.5 Å². The Balaban J connectivity index is 1.90. The van der Waals surface area contributed by atoms with Gasteiger partial charge < -0.3 is 10.1 Å². The van der Waals surface area contributed by atoms with E-state index in [4.69, 9.17) is 0 Å². The maximum absolute atomic E-state index is 13.9. The van der Waals surface area contributed by atoms with Gasteiger partial charge in [0.15, 0.2) is 17.4 Å². The topological polar surface area (TPSA) is 58.6 Å². The fourth-order valence-corrected chi connectivity index (χ4v) is 2.55. The predicted octanol–water partition coefficient (Wildman–Crippen LogP) is 3.43. The second-order valence-corrected chi connectivity index (χ2v) is 5.67. The Labute approximate surface area is 150 Å². The number of carbonyl (C=O) groups is 2. The molecule has 3 rings (SSSR count). The van der Waals surface area contributed by atoms with Crippen LogP contribution in [0.3, 0.4) is 0 Å². The Bertz CT molecular complexity index is 958. The average molecular weight is 380 g/mol. The van der Waals surface area contributed by atoms with Crippen LogP contribution in [0.1, 0.15) is 5.56 Å². The Morgan fingerprint density at radius 1 is 0.926 bits per heavy atom. The molecule has 1 N–H and O–H groups in total. The third-order valence-electron chi connectivity index (χ3n) is 3.93. The molecule has 0 saturated heterocycles. The van der Waals surface area contributed by atoms with Crippen molar-refractivity contribution in [1.29, 1.82) is 0 Å². The van der Waals surface area contributed by atoms with Gasteiger partial charge >= 0.3 is 0 Å². The molecule has 0 bridgehead atoms. The molecule has 0 aliphatic carbocycles. The number of carbonyl (C=O) groups excluding carboxylic acids is 2. The largest absolute Gasteiger partial charge is 0.491 e. The van der Waals surface area contributed by atoms with Gasteiger partial charge in [-0.05, 0) is 19.1 Å². The zero-order valence-electron chi connectivity index (χ0n) is 14.1. The van der Waals surface area contributed by atoms with Gasteiger partial charge in [-0.1, -0.05) is 0 Å². The fourth-order valence-electron chi connectivity index (χ4n) is 2.55. The molecule has 1 aliphatic rings. The van der Waals surface area contributed by atoms with Crippen molar-refractivity contribution in [3.63, 3.8) is 0 Å². The van der Waals surface area contributed by atoms with Crippen LogP contribution in [0.5, 0.6) is 5.75 Å². The average Bonchev–Trinajstić information content (AvgIpc) is 2.86. The Hall–Kier alpha value is -3.36. The van der Waals surface area contributed by atoms with Crippen molar-refractivity contribution in [2.24, 2.45) is 0 Å². The molecule has 2 aromatic carbocycles. The second kappa shape index (κ2) is 6.75. The van der Waals surface area contributed by atoms with Crippen LogP contribution in [0.15, 0.2) is 36.0 Å². The van der Waals surface area contributed by atoms with Crippen LogP contribution < -0.4 is 15.0 Å². The highest BCUT2D eigenvalue weighted by Gasteiger charge is 2.34. The summed E-state index contributed by atoms with van der Waals surface area (Å²) in [6.45, 7) is 1.24. The number of methoxy groups -OCH3 is 1. The van der Waals surface area contributed by atoms with Gasteiger partial charge in [-0.3, -0.25) is 9.59 Å². The molecule has 2 amide bonds. The SMILES string of the molecule is COc1c(F)cc(N2C(=O)C=C(Nc3cc(F)c(C)c(F)c3)C2=O)cc1F. The van der Waals surface area contributed by atoms with E-state index in [1.54, 1.807) is 0 Å². The van der Waals surface area contributed by atoms with E-state index >= 15 is 0 Å². The van der Waals surface area contributed by atoms with Crippen LogP contribution in [-0.4, -0.2) is 18.9 Å². The normalized spacial score (nSPS) is 13.9. The highest BCUT2D eigenvalue weighted by molar-refractivity contribution is 6.31. The third kappa shape index (κ3) is 3.23. The molecule has 140 valence electrons. The van der Waals surface area contributed by atoms with Crippen LogP contribution >= 0.6 is 0 Å². The maximum Gasteiger partial charge on any atom is 0.281 e. The minimum atomic E-state index is -1.10. The lowest BCUT2D eigenvalue weighted by Gasteiger charge is -2.16. The minimum Gasteiger partial charge on any atom is -0.491 e. The van der Waals surface area contributed by atoms with E-state index in [9.17, 15) is 27.2 Å². The van der Waals surface area contributed by atoms with Gasteiger partial charge in [0.25, 0.3) is 11.8 Å². The molecule has 0 fully saturated rings. The quantitative estimate of drug-likeness (QED) is 0.652. The first-order valence-electron chi connectivity index (χ1n) is 7.58. The van der Waals surface area contributed by atoms with E-state index in [1.165, 1.54) is 6.92 Å². The van der Waals surface area contributed by atoms with Crippen molar-refractivity contribution in [2.75, 3.05) is 17.3 Å². The van der Waals surface area contributed by atoms with Gasteiger partial charge in [-0.15, -0.1) is 0 Å². The van der Waals surface area contributed by atoms with E-state index in [0.29, 0.717) is 4.90 Å². The number of hydrogen-bond acceptors (Lipinski definition) is 4. The zero-order chi connectivity index (χ0) is 19.9. The molecule has 0 spiro atoms. The maximum atomic E-state index is 13.9. The summed E-state index contributed by atoms with van der Waals surface area (Å²) in [5.74, 6) is -6.36. The van der Waals surface area contributed by atoms with Crippen molar-refractivity contribution in [3.05, 3.63) is 64.9 Å². The first-order valence-corrected chi connectivity index (χ1v) is 7.58. The molecule has 0 aromatic heterocycles. The monoisotopic (exact) mass is 380 g/mol. The summed E-state index contributed by atoms with van der Waals surface area (Å²) in [6.07, 6.45) is 0.859. The summed E-state index contributed by atoms with van der Waals surface area (Å²) >= 11 is 0. The molecular formula is C18H12F4N2O3. The summed E-state index contributed by atoms with van der Waals surface area (Å²) in [4.78, 5) is 25.1. The van der Waals surface area contributed by atoms with E-state index in [1.807, 2.05) is 0 Å². The smallest absolute Gasteiger partial charge is 0.281 e. The summed E-state index contributed by atoms with van der Waals surface area (Å²) in [7, 11) is 1.07. The van der Waals surface area contributed by atoms with Crippen molar-refractivity contribution < 1.29 is 31.9 Å². The Morgan fingerprint density at radius 2 is 1.48 bits per heavy atom. The van der Waals surface area contributed by atoms with Crippen molar-refractivity contribution in [1.82, 2.24) is 0 Å². The van der Waals surface area contributed by atoms with Crippen LogP contribution in [0.25, 0.3) is 0 Å². The highest BCUT2D eigenvalue weighted by Crippen LogP contribution is 2.30. The van der Waals surface area contributed by atoms with Crippen LogP contribution in [-0.2, 0) is 9.59 Å². The number of amides is 2. The van der Waals surface area contributed by atoms with Gasteiger partial charge in [-0.25, -0.2) is 22.5 Å². The summed E-state index contributed by atoms with van der Waals surface area (Å²) in [5.41, 5.74) is -0.958. The van der Waals surface area contributed by atoms with E-state index in [0.717, 1.165) is 37.5 Å². The number of hydrogen-bond donors (Lipinski definition) is 1. The van der Waals surface area contributed by atoms with Crippen molar-refractivity contribution in [3.8, 4) is 5.75 Å². The molecule has 0 unspecified atom stereocenters. The number of nitrogens with one attached hydrogen (secondary N) is 1. The number of halogens is 4. The molecule has 1 heterocycles. The minimum absolute atomic E-state index is 0.100. The van der Waals surface area contributed by atoms with Crippen LogP contribution in [0.4, 0.5) is 28.9 Å². The molecule has 1 aliphatic heterocycles. The molecular weight excluding hydrogens is 368 g/mol. The van der Waals surface area contributed by atoms with Crippen LogP contribution in [0, 0.1) is 30.2 Å². The van der Waals surface area contributed by atoms with E-state index in [2.05, 4.69) is 10.1 Å². The van der Waals surface area contributed by atoms with Crippen molar-refractivity contribution in [2.45, 2.75) is 6.92 Å². The highest BCUT2D eigenvalue weighted by atomic mass is 19.1. The first-order chi connectivity index (χ1) is 12.7. The number of rotatable bonds is 4. The standard InChI is InChI=1S/C18H12F4N2O3/c1-8-11(19)3-9(4-12(8)20)23-15-7-16(25)24(18(15)26)10-5-13(21)17(27-2)14(22)6-10/h3-7,23H,1-2H3. The van der Waals surface area contributed by atoms with Gasteiger partial charge in [0.05, 0.1) is 12.8 Å². The van der Waals surface area contributed by atoms with Gasteiger partial charge in [-0.2, -0.15) is 0 Å². The number of imide groups is 1. The van der Waals surface area contributed by atoms with Crippen molar-refractivity contribution >= 4 is 23.2 Å². The van der Waals surface area contributed by atoms with E-state index in [-0.39, 0.29) is 22.6 Å². The van der Waals surface area contributed by atoms with Gasteiger partial charge in [0.1, 0.15) is 17.3 Å². The second-order valence-electron chi connectivity index (χ2n) is 5.67. The lowest BCUT2D eigenvalue weighted by Crippen LogP contribution is -2.32. The lowest BCUT2D eigenvalue weighted by atomic mass is 10.2. The number of ether oxygens (including phenoxy) is 1. The molecule has 5 nitrogen and oxygen atoms in total. The summed E-state index contributed by atoms with van der Waals surface area (Å²) in [5, 5.41) is 2.44. The molecule has 0 radical (unpaired) electrons. The third-order valence-corrected chi connectivity index (χ3v) is 3.93.